The zero-order chi connectivity index (χ0) is 20.3. The fraction of sp³-hybridized carbons (Fsp3) is 0.250. The number of benzene rings is 2. The number of nitrogens with zero attached hydrogens (tertiary/aromatic N) is 3. The molecule has 2 unspecified atom stereocenters. The van der Waals surface area contributed by atoms with Gasteiger partial charge in [-0.15, -0.1) is 4.99 Å². The Bertz CT molecular complexity index is 989. The van der Waals surface area contributed by atoms with E-state index in [0.717, 1.165) is 0 Å². The molecule has 2 aromatic rings. The number of nitriles is 2. The Kier molecular flexibility index (Phi) is 5.16. The quantitative estimate of drug-likeness (QED) is 0.420. The molecule has 142 valence electrons. The van der Waals surface area contributed by atoms with Crippen LogP contribution in [0.3, 0.4) is 0 Å². The maximum absolute atomic E-state index is 13.1. The molecule has 0 bridgehead atoms. The van der Waals surface area contributed by atoms with Crippen LogP contribution in [-0.4, -0.2) is 22.8 Å². The minimum absolute atomic E-state index is 0.0733. The summed E-state index contributed by atoms with van der Waals surface area (Å²) in [6.45, 7) is 3.48. The first-order valence-corrected chi connectivity index (χ1v) is 8.51. The van der Waals surface area contributed by atoms with Gasteiger partial charge >= 0.3 is 0 Å². The van der Waals surface area contributed by atoms with Crippen molar-refractivity contribution in [2.75, 3.05) is 5.32 Å². The molecule has 2 atom stereocenters. The standard InChI is InChI=1S/C20H18FN5O2/c1-20(2)18(27)17(15-9-12(10-22)3-8-16(15)28-20)26-19(24-11-23)25-14-6-4-13(21)5-7-14/h3-9,17-18,27H,1-2H3,(H2,24,25,26). The Morgan fingerprint density at radius 1 is 1.21 bits per heavy atom. The number of guanidine groups is 1. The van der Waals surface area contributed by atoms with Crippen LogP contribution in [-0.2, 0) is 0 Å². The highest BCUT2D eigenvalue weighted by Crippen LogP contribution is 2.40. The van der Waals surface area contributed by atoms with Crippen molar-refractivity contribution in [2.45, 2.75) is 31.6 Å². The number of aliphatic hydroxyl groups is 1. The highest BCUT2D eigenvalue weighted by molar-refractivity contribution is 5.94. The van der Waals surface area contributed by atoms with Crippen molar-refractivity contribution in [1.29, 1.82) is 10.5 Å². The fourth-order valence-corrected chi connectivity index (χ4v) is 2.99. The van der Waals surface area contributed by atoms with Crippen LogP contribution in [0.5, 0.6) is 5.75 Å². The van der Waals surface area contributed by atoms with Gasteiger partial charge < -0.3 is 20.5 Å². The maximum Gasteiger partial charge on any atom is 0.212 e. The summed E-state index contributed by atoms with van der Waals surface area (Å²) >= 11 is 0. The van der Waals surface area contributed by atoms with Crippen molar-refractivity contribution in [3.8, 4) is 18.0 Å². The lowest BCUT2D eigenvalue weighted by molar-refractivity contribution is -0.0610. The molecule has 2 aromatic carbocycles. The number of hydrogen-bond donors (Lipinski definition) is 3. The first-order chi connectivity index (χ1) is 13.3. The van der Waals surface area contributed by atoms with Crippen LogP contribution >= 0.6 is 0 Å². The van der Waals surface area contributed by atoms with Crippen LogP contribution in [0.1, 0.15) is 31.0 Å². The molecular weight excluding hydrogens is 361 g/mol. The summed E-state index contributed by atoms with van der Waals surface area (Å²) < 4.78 is 19.0. The number of nitrogens with one attached hydrogen (secondary N) is 2. The summed E-state index contributed by atoms with van der Waals surface area (Å²) in [6, 6.07) is 11.8. The number of rotatable bonds is 2. The lowest BCUT2D eigenvalue weighted by Crippen LogP contribution is -2.54. The van der Waals surface area contributed by atoms with E-state index in [4.69, 9.17) is 10.00 Å². The molecule has 0 saturated carbocycles. The topological polar surface area (TPSA) is 113 Å². The molecule has 28 heavy (non-hydrogen) atoms. The van der Waals surface area contributed by atoms with E-state index in [9.17, 15) is 14.8 Å². The van der Waals surface area contributed by atoms with Crippen molar-refractivity contribution < 1.29 is 14.2 Å². The molecule has 0 radical (unpaired) electrons. The van der Waals surface area contributed by atoms with Gasteiger partial charge in [0.05, 0.1) is 17.7 Å². The van der Waals surface area contributed by atoms with Gasteiger partial charge in [0.25, 0.3) is 0 Å². The lowest BCUT2D eigenvalue weighted by Gasteiger charge is -2.42. The number of fused-ring (bicyclic) bond motifs is 1. The highest BCUT2D eigenvalue weighted by Gasteiger charge is 2.43. The summed E-state index contributed by atoms with van der Waals surface area (Å²) in [4.78, 5) is 3.72. The van der Waals surface area contributed by atoms with Crippen LogP contribution in [0.2, 0.25) is 0 Å². The molecule has 7 nitrogen and oxygen atoms in total. The minimum atomic E-state index is -1.01. The number of hydrogen-bond acceptors (Lipinski definition) is 5. The van der Waals surface area contributed by atoms with Gasteiger partial charge in [-0.1, -0.05) is 0 Å². The molecule has 0 saturated heterocycles. The Balaban J connectivity index is 1.95. The van der Waals surface area contributed by atoms with E-state index in [0.29, 0.717) is 22.6 Å². The van der Waals surface area contributed by atoms with E-state index in [1.807, 2.05) is 0 Å². The van der Waals surface area contributed by atoms with E-state index in [1.165, 1.54) is 24.3 Å². The molecule has 0 aromatic heterocycles. The molecule has 0 aliphatic carbocycles. The minimum Gasteiger partial charge on any atom is -0.485 e. The molecule has 3 N–H and O–H groups in total. The monoisotopic (exact) mass is 379 g/mol. The normalized spacial score (nSPS) is 20.1. The number of ether oxygens (including phenoxy) is 1. The predicted molar refractivity (Wildman–Crippen MR) is 101 cm³/mol. The third-order valence-electron chi connectivity index (χ3n) is 4.44. The van der Waals surface area contributed by atoms with E-state index in [-0.39, 0.29) is 5.96 Å². The number of aliphatic hydroxyl groups excluding tert-OH is 1. The fourth-order valence-electron chi connectivity index (χ4n) is 2.99. The molecule has 8 heteroatoms. The van der Waals surface area contributed by atoms with Crippen molar-refractivity contribution in [3.05, 3.63) is 59.4 Å². The third kappa shape index (κ3) is 3.88. The zero-order valence-electron chi connectivity index (χ0n) is 15.3. The first kappa shape index (κ1) is 19.2. The van der Waals surface area contributed by atoms with Crippen LogP contribution in [0.25, 0.3) is 0 Å². The number of anilines is 1. The van der Waals surface area contributed by atoms with Gasteiger partial charge in [0, 0.05) is 11.3 Å². The van der Waals surface area contributed by atoms with Crippen molar-refractivity contribution in [2.24, 2.45) is 4.99 Å². The average molecular weight is 379 g/mol. The molecule has 0 amide bonds. The smallest absolute Gasteiger partial charge is 0.212 e. The van der Waals surface area contributed by atoms with Gasteiger partial charge in [-0.05, 0) is 56.3 Å². The van der Waals surface area contributed by atoms with Crippen molar-refractivity contribution >= 4 is 11.6 Å². The summed E-state index contributed by atoms with van der Waals surface area (Å²) in [7, 11) is 0. The zero-order valence-corrected chi connectivity index (χ0v) is 15.3. The largest absolute Gasteiger partial charge is 0.485 e. The van der Waals surface area contributed by atoms with Crippen LogP contribution < -0.4 is 15.4 Å². The molecule has 1 aliphatic heterocycles. The second-order valence-corrected chi connectivity index (χ2v) is 6.83. The van der Waals surface area contributed by atoms with Crippen molar-refractivity contribution in [1.82, 2.24) is 5.32 Å². The number of halogens is 1. The lowest BCUT2D eigenvalue weighted by atomic mass is 9.86. The Morgan fingerprint density at radius 3 is 2.57 bits per heavy atom. The summed E-state index contributed by atoms with van der Waals surface area (Å²) in [5, 5.41) is 35.0. The molecule has 1 heterocycles. The molecule has 1 aliphatic rings. The second-order valence-electron chi connectivity index (χ2n) is 6.83. The average Bonchev–Trinajstić information content (AvgIpc) is 2.67. The van der Waals surface area contributed by atoms with Crippen molar-refractivity contribution in [3.63, 3.8) is 0 Å². The highest BCUT2D eigenvalue weighted by atomic mass is 19.1. The van der Waals surface area contributed by atoms with Crippen LogP contribution in [0, 0.1) is 28.6 Å². The van der Waals surface area contributed by atoms with Gasteiger partial charge in [-0.25, -0.2) is 4.39 Å². The van der Waals surface area contributed by atoms with Gasteiger partial charge in [-0.3, -0.25) is 0 Å². The van der Waals surface area contributed by atoms with E-state index in [2.05, 4.69) is 21.7 Å². The van der Waals surface area contributed by atoms with Crippen LogP contribution in [0.15, 0.2) is 47.5 Å². The Hall–Kier alpha value is -3.62. The Labute approximate surface area is 161 Å². The SMILES string of the molecule is CC1(C)Oc2ccc(C#N)cc2C(N/C(=N\C#N)Nc2ccc(F)cc2)C1O. The molecule has 0 fully saturated rings. The van der Waals surface area contributed by atoms with Gasteiger partial charge in [-0.2, -0.15) is 10.5 Å². The van der Waals surface area contributed by atoms with Crippen LogP contribution in [0.4, 0.5) is 10.1 Å². The Morgan fingerprint density at radius 2 is 1.93 bits per heavy atom. The predicted octanol–water partition coefficient (Wildman–Crippen LogP) is 2.81. The first-order valence-electron chi connectivity index (χ1n) is 8.51. The van der Waals surface area contributed by atoms with Gasteiger partial charge in [0.1, 0.15) is 23.3 Å². The van der Waals surface area contributed by atoms with Gasteiger partial charge in [0.15, 0.2) is 0 Å². The van der Waals surface area contributed by atoms with Gasteiger partial charge in [0.2, 0.25) is 12.2 Å². The molecule has 0 spiro atoms. The van der Waals surface area contributed by atoms with E-state index in [1.54, 1.807) is 38.2 Å². The maximum atomic E-state index is 13.1. The molecule has 3 rings (SSSR count). The van der Waals surface area contributed by atoms with E-state index >= 15 is 0 Å². The second kappa shape index (κ2) is 7.55. The summed E-state index contributed by atoms with van der Waals surface area (Å²) in [5.41, 5.74) is 0.561. The molecular formula is C20H18FN5O2. The number of aliphatic imine (C=N–C) groups is 1. The van der Waals surface area contributed by atoms with E-state index < -0.39 is 23.6 Å². The summed E-state index contributed by atoms with van der Waals surface area (Å²) in [6.07, 6.45) is 0.688. The third-order valence-corrected chi connectivity index (χ3v) is 4.44. The summed E-state index contributed by atoms with van der Waals surface area (Å²) in [5.74, 6) is 0.200.